The van der Waals surface area contributed by atoms with Gasteiger partial charge in [-0.05, 0) is 25.0 Å². The number of amides is 3. The fraction of sp³-hybridized carbons (Fsp3) is 0.500. The van der Waals surface area contributed by atoms with Crippen molar-refractivity contribution in [2.45, 2.75) is 38.9 Å². The summed E-state index contributed by atoms with van der Waals surface area (Å²) in [6.07, 6.45) is 0.855. The first-order valence-corrected chi connectivity index (χ1v) is 7.59. The molecule has 0 saturated heterocycles. The number of hydrogen-bond acceptors (Lipinski definition) is 3. The fourth-order valence-electron chi connectivity index (χ4n) is 2.97. The highest BCUT2D eigenvalue weighted by molar-refractivity contribution is 5.86. The van der Waals surface area contributed by atoms with E-state index < -0.39 is 12.1 Å². The van der Waals surface area contributed by atoms with Gasteiger partial charge in [0.1, 0.15) is 6.04 Å². The number of urea groups is 1. The summed E-state index contributed by atoms with van der Waals surface area (Å²) in [4.78, 5) is 27.7. The topological polar surface area (TPSA) is 78.7 Å². The number of carbonyl (C=O) groups excluding carboxylic acids is 2. The molecule has 0 saturated carbocycles. The van der Waals surface area contributed by atoms with Gasteiger partial charge in [0.15, 0.2) is 0 Å². The van der Waals surface area contributed by atoms with Gasteiger partial charge in [-0.2, -0.15) is 0 Å². The SMILES string of the molecule is CCC1CN(C)c2ccccc2CN1C(=O)C(C)NC(N)=O. The molecule has 3 N–H and O–H groups in total. The molecule has 2 atom stereocenters. The average molecular weight is 304 g/mol. The van der Waals surface area contributed by atoms with Gasteiger partial charge in [-0.25, -0.2) is 4.79 Å². The molecular formula is C16H24N4O2. The van der Waals surface area contributed by atoms with Crippen molar-refractivity contribution in [3.63, 3.8) is 0 Å². The third kappa shape index (κ3) is 3.32. The summed E-state index contributed by atoms with van der Waals surface area (Å²) in [6, 6.07) is 6.89. The summed E-state index contributed by atoms with van der Waals surface area (Å²) in [5.41, 5.74) is 7.39. The molecule has 1 aromatic carbocycles. The van der Waals surface area contributed by atoms with Crippen LogP contribution in [0, 0.1) is 0 Å². The Kier molecular flexibility index (Phi) is 4.90. The molecular weight excluding hydrogens is 280 g/mol. The number of nitrogens with zero attached hydrogens (tertiary/aromatic N) is 2. The quantitative estimate of drug-likeness (QED) is 0.883. The predicted molar refractivity (Wildman–Crippen MR) is 86.5 cm³/mol. The predicted octanol–water partition coefficient (Wildman–Crippen LogP) is 1.30. The second kappa shape index (κ2) is 6.68. The summed E-state index contributed by atoms with van der Waals surface area (Å²) in [6.45, 7) is 5.05. The fourth-order valence-corrected chi connectivity index (χ4v) is 2.97. The third-order valence-electron chi connectivity index (χ3n) is 4.15. The minimum Gasteiger partial charge on any atom is -0.372 e. The smallest absolute Gasteiger partial charge is 0.312 e. The van der Waals surface area contributed by atoms with Crippen molar-refractivity contribution in [3.8, 4) is 0 Å². The van der Waals surface area contributed by atoms with Crippen LogP contribution in [0.3, 0.4) is 0 Å². The summed E-state index contributed by atoms with van der Waals surface area (Å²) >= 11 is 0. The number of nitrogens with two attached hydrogens (primary N) is 1. The number of nitrogens with one attached hydrogen (secondary N) is 1. The maximum atomic E-state index is 12.7. The van der Waals surface area contributed by atoms with Gasteiger partial charge < -0.3 is 20.9 Å². The number of hydrogen-bond donors (Lipinski definition) is 2. The van der Waals surface area contributed by atoms with E-state index in [2.05, 4.69) is 23.2 Å². The highest BCUT2D eigenvalue weighted by Gasteiger charge is 2.31. The molecule has 1 aliphatic heterocycles. The van der Waals surface area contributed by atoms with Crippen molar-refractivity contribution in [3.05, 3.63) is 29.8 Å². The van der Waals surface area contributed by atoms with Crippen LogP contribution in [0.1, 0.15) is 25.8 Å². The van der Waals surface area contributed by atoms with Crippen LogP contribution in [0.25, 0.3) is 0 Å². The maximum absolute atomic E-state index is 12.7. The van der Waals surface area contributed by atoms with Crippen molar-refractivity contribution in [1.29, 1.82) is 0 Å². The van der Waals surface area contributed by atoms with Crippen molar-refractivity contribution in [2.75, 3.05) is 18.5 Å². The van der Waals surface area contributed by atoms with Crippen LogP contribution < -0.4 is 16.0 Å². The van der Waals surface area contributed by atoms with E-state index in [1.165, 1.54) is 0 Å². The number of likely N-dealkylation sites (N-methyl/N-ethyl adjacent to an activating group) is 1. The molecule has 0 fully saturated rings. The van der Waals surface area contributed by atoms with Crippen LogP contribution >= 0.6 is 0 Å². The number of fused-ring (bicyclic) bond motifs is 1. The first-order chi connectivity index (χ1) is 10.4. The number of rotatable bonds is 3. The zero-order valence-corrected chi connectivity index (χ0v) is 13.4. The zero-order chi connectivity index (χ0) is 16.3. The maximum Gasteiger partial charge on any atom is 0.312 e. The van der Waals surface area contributed by atoms with Gasteiger partial charge in [-0.3, -0.25) is 4.79 Å². The Labute approximate surface area is 131 Å². The molecule has 1 aliphatic rings. The molecule has 0 aliphatic carbocycles. The normalized spacial score (nSPS) is 19.1. The summed E-state index contributed by atoms with van der Waals surface area (Å²) in [5.74, 6) is -0.101. The van der Waals surface area contributed by atoms with Gasteiger partial charge in [0.2, 0.25) is 5.91 Å². The Morgan fingerprint density at radius 1 is 1.41 bits per heavy atom. The Balaban J connectivity index is 2.29. The molecule has 0 radical (unpaired) electrons. The molecule has 0 bridgehead atoms. The molecule has 1 heterocycles. The molecule has 6 heteroatoms. The van der Waals surface area contributed by atoms with Crippen LogP contribution in [-0.4, -0.2) is 42.5 Å². The van der Waals surface area contributed by atoms with E-state index in [0.717, 1.165) is 24.2 Å². The Hall–Kier alpha value is -2.24. The van der Waals surface area contributed by atoms with Gasteiger partial charge in [0.05, 0.1) is 0 Å². The highest BCUT2D eigenvalue weighted by Crippen LogP contribution is 2.27. The average Bonchev–Trinajstić information content (AvgIpc) is 2.63. The van der Waals surface area contributed by atoms with Gasteiger partial charge in [0.25, 0.3) is 0 Å². The minimum atomic E-state index is -0.679. The Morgan fingerprint density at radius 3 is 2.73 bits per heavy atom. The zero-order valence-electron chi connectivity index (χ0n) is 13.4. The third-order valence-corrected chi connectivity index (χ3v) is 4.15. The van der Waals surface area contributed by atoms with Crippen molar-refractivity contribution >= 4 is 17.6 Å². The molecule has 2 rings (SSSR count). The largest absolute Gasteiger partial charge is 0.372 e. The van der Waals surface area contributed by atoms with Gasteiger partial charge in [0, 0.05) is 31.9 Å². The summed E-state index contributed by atoms with van der Waals surface area (Å²) in [7, 11) is 2.04. The van der Waals surface area contributed by atoms with Crippen LogP contribution in [-0.2, 0) is 11.3 Å². The Morgan fingerprint density at radius 2 is 2.09 bits per heavy atom. The first-order valence-electron chi connectivity index (χ1n) is 7.59. The van der Waals surface area contributed by atoms with E-state index in [-0.39, 0.29) is 11.9 Å². The lowest BCUT2D eigenvalue weighted by molar-refractivity contribution is -0.135. The number of carbonyl (C=O) groups is 2. The molecule has 1 aromatic rings. The number of anilines is 1. The number of primary amides is 1. The van der Waals surface area contributed by atoms with E-state index in [9.17, 15) is 9.59 Å². The van der Waals surface area contributed by atoms with Crippen LogP contribution in [0.2, 0.25) is 0 Å². The second-order valence-electron chi connectivity index (χ2n) is 5.77. The van der Waals surface area contributed by atoms with Gasteiger partial charge in [-0.15, -0.1) is 0 Å². The first kappa shape index (κ1) is 16.1. The molecule has 0 aromatic heterocycles. The number of benzene rings is 1. The highest BCUT2D eigenvalue weighted by atomic mass is 16.2. The van der Waals surface area contributed by atoms with E-state index in [1.807, 2.05) is 30.1 Å². The van der Waals surface area contributed by atoms with Crippen molar-refractivity contribution in [2.24, 2.45) is 5.73 Å². The monoisotopic (exact) mass is 304 g/mol. The van der Waals surface area contributed by atoms with E-state index >= 15 is 0 Å². The van der Waals surface area contributed by atoms with Crippen LogP contribution in [0.15, 0.2) is 24.3 Å². The molecule has 0 spiro atoms. The van der Waals surface area contributed by atoms with Crippen LogP contribution in [0.4, 0.5) is 10.5 Å². The lowest BCUT2D eigenvalue weighted by Gasteiger charge is -2.32. The minimum absolute atomic E-state index is 0.0991. The van der Waals surface area contributed by atoms with Gasteiger partial charge >= 0.3 is 6.03 Å². The van der Waals surface area contributed by atoms with Crippen LogP contribution in [0.5, 0.6) is 0 Å². The van der Waals surface area contributed by atoms with E-state index in [4.69, 9.17) is 5.73 Å². The second-order valence-corrected chi connectivity index (χ2v) is 5.77. The number of para-hydroxylation sites is 1. The molecule has 2 unspecified atom stereocenters. The van der Waals surface area contributed by atoms with Crippen molar-refractivity contribution in [1.82, 2.24) is 10.2 Å². The van der Waals surface area contributed by atoms with Gasteiger partial charge in [-0.1, -0.05) is 25.1 Å². The lowest BCUT2D eigenvalue weighted by atomic mass is 10.1. The Bertz CT molecular complexity index is 561. The summed E-state index contributed by atoms with van der Waals surface area (Å²) < 4.78 is 0. The molecule has 3 amide bonds. The van der Waals surface area contributed by atoms with E-state index in [1.54, 1.807) is 6.92 Å². The summed E-state index contributed by atoms with van der Waals surface area (Å²) in [5, 5.41) is 2.47. The standard InChI is InChI=1S/C16H24N4O2/c1-4-13-10-19(3)14-8-6-5-7-12(14)9-20(13)15(21)11(2)18-16(17)22/h5-8,11,13H,4,9-10H2,1-3H3,(H3,17,18,22). The lowest BCUT2D eigenvalue weighted by Crippen LogP contribution is -2.52. The van der Waals surface area contributed by atoms with Crippen molar-refractivity contribution < 1.29 is 9.59 Å². The molecule has 6 nitrogen and oxygen atoms in total. The molecule has 120 valence electrons. The molecule has 22 heavy (non-hydrogen) atoms. The van der Waals surface area contributed by atoms with E-state index in [0.29, 0.717) is 6.54 Å².